The van der Waals surface area contributed by atoms with Crippen molar-refractivity contribution in [2.45, 2.75) is 6.42 Å². The number of carbonyl (C=O) groups is 1. The van der Waals surface area contributed by atoms with E-state index >= 15 is 0 Å². The Labute approximate surface area is 175 Å². The number of primary amides is 1. The maximum Gasteiger partial charge on any atom is 0.269 e. The summed E-state index contributed by atoms with van der Waals surface area (Å²) in [7, 11) is 0. The number of rotatable bonds is 4. The van der Waals surface area contributed by atoms with Gasteiger partial charge in [0.15, 0.2) is 11.4 Å². The van der Waals surface area contributed by atoms with E-state index in [1.54, 1.807) is 36.4 Å². The minimum Gasteiger partial charge on any atom is -0.505 e. The average Bonchev–Trinajstić information content (AvgIpc) is 2.71. The molecule has 1 amide bonds. The molecule has 0 fully saturated rings. The van der Waals surface area contributed by atoms with Crippen LogP contribution in [-0.4, -0.2) is 15.6 Å². The van der Waals surface area contributed by atoms with Crippen LogP contribution in [0.1, 0.15) is 21.6 Å². The van der Waals surface area contributed by atoms with Gasteiger partial charge in [0.05, 0.1) is 5.39 Å². The number of aromatic hydroxyl groups is 1. The second-order valence-corrected chi connectivity index (χ2v) is 7.60. The molecule has 5 nitrogen and oxygen atoms in total. The van der Waals surface area contributed by atoms with Crippen molar-refractivity contribution in [3.63, 3.8) is 0 Å². The fraction of sp³-hybridized carbons (Fsp3) is 0.0435. The molecule has 0 aliphatic rings. The molecule has 1 heterocycles. The van der Waals surface area contributed by atoms with E-state index < -0.39 is 11.5 Å². The molecule has 0 saturated heterocycles. The normalized spacial score (nSPS) is 10.9. The number of halogens is 1. The Bertz CT molecular complexity index is 1280. The molecule has 6 heteroatoms. The molecule has 1 aromatic heterocycles. The van der Waals surface area contributed by atoms with Crippen LogP contribution in [0.4, 0.5) is 0 Å². The predicted octanol–water partition coefficient (Wildman–Crippen LogP) is 4.15. The van der Waals surface area contributed by atoms with E-state index in [2.05, 4.69) is 15.9 Å². The van der Waals surface area contributed by atoms with Crippen LogP contribution in [0.5, 0.6) is 5.75 Å². The largest absolute Gasteiger partial charge is 0.505 e. The standard InChI is InChI=1S/C23H17BrN2O3/c24-16-9-11-17(12-10-16)26-20(22(25)28)21(27)19-15(7-4-8-18(19)23(26)29)13-14-5-2-1-3-6-14/h1-12,27H,13H2,(H2,25,28). The lowest BCUT2D eigenvalue weighted by atomic mass is 9.97. The van der Waals surface area contributed by atoms with Crippen LogP contribution >= 0.6 is 15.9 Å². The summed E-state index contributed by atoms with van der Waals surface area (Å²) < 4.78 is 1.99. The van der Waals surface area contributed by atoms with Crippen LogP contribution in [-0.2, 0) is 6.42 Å². The van der Waals surface area contributed by atoms with Gasteiger partial charge in [0.1, 0.15) is 0 Å². The number of benzene rings is 3. The molecule has 0 unspecified atom stereocenters. The van der Waals surface area contributed by atoms with Crippen molar-refractivity contribution in [3.05, 3.63) is 104 Å². The number of fused-ring (bicyclic) bond motifs is 1. The van der Waals surface area contributed by atoms with Crippen molar-refractivity contribution in [1.82, 2.24) is 4.57 Å². The summed E-state index contributed by atoms with van der Waals surface area (Å²) in [5.41, 5.74) is 7.14. The van der Waals surface area contributed by atoms with Crippen molar-refractivity contribution in [2.75, 3.05) is 0 Å². The highest BCUT2D eigenvalue weighted by atomic mass is 79.9. The quantitative estimate of drug-likeness (QED) is 0.491. The third-order valence-electron chi connectivity index (χ3n) is 4.82. The molecular formula is C23H17BrN2O3. The zero-order valence-electron chi connectivity index (χ0n) is 15.3. The number of nitrogens with zero attached hydrogens (tertiary/aromatic N) is 1. The van der Waals surface area contributed by atoms with Crippen LogP contribution in [0, 0.1) is 0 Å². The van der Waals surface area contributed by atoms with E-state index in [9.17, 15) is 14.7 Å². The maximum absolute atomic E-state index is 13.3. The zero-order chi connectivity index (χ0) is 20.5. The highest BCUT2D eigenvalue weighted by Crippen LogP contribution is 2.32. The Hall–Kier alpha value is -3.38. The lowest BCUT2D eigenvalue weighted by molar-refractivity contribution is 0.0990. The fourth-order valence-electron chi connectivity index (χ4n) is 3.53. The van der Waals surface area contributed by atoms with Gasteiger partial charge in [-0.3, -0.25) is 14.2 Å². The molecule has 144 valence electrons. The van der Waals surface area contributed by atoms with Crippen molar-refractivity contribution in [3.8, 4) is 11.4 Å². The topological polar surface area (TPSA) is 85.3 Å². The van der Waals surface area contributed by atoms with Crippen molar-refractivity contribution < 1.29 is 9.90 Å². The number of carbonyl (C=O) groups excluding carboxylic acids is 1. The Balaban J connectivity index is 2.04. The smallest absolute Gasteiger partial charge is 0.269 e. The molecular weight excluding hydrogens is 432 g/mol. The average molecular weight is 449 g/mol. The highest BCUT2D eigenvalue weighted by Gasteiger charge is 2.23. The second-order valence-electron chi connectivity index (χ2n) is 6.68. The Kier molecular flexibility index (Phi) is 4.94. The third kappa shape index (κ3) is 3.43. The van der Waals surface area contributed by atoms with E-state index in [4.69, 9.17) is 5.73 Å². The Morgan fingerprint density at radius 2 is 1.66 bits per heavy atom. The van der Waals surface area contributed by atoms with Gasteiger partial charge in [0.25, 0.3) is 11.5 Å². The molecule has 3 N–H and O–H groups in total. The zero-order valence-corrected chi connectivity index (χ0v) is 16.9. The minimum atomic E-state index is -0.876. The highest BCUT2D eigenvalue weighted by molar-refractivity contribution is 9.10. The summed E-state index contributed by atoms with van der Waals surface area (Å²) in [4.78, 5) is 25.6. The van der Waals surface area contributed by atoms with Gasteiger partial charge in [-0.15, -0.1) is 0 Å². The van der Waals surface area contributed by atoms with E-state index in [0.717, 1.165) is 15.6 Å². The predicted molar refractivity (Wildman–Crippen MR) is 117 cm³/mol. The monoisotopic (exact) mass is 448 g/mol. The van der Waals surface area contributed by atoms with Gasteiger partial charge < -0.3 is 10.8 Å². The van der Waals surface area contributed by atoms with Gasteiger partial charge in [0.2, 0.25) is 0 Å². The lowest BCUT2D eigenvalue weighted by Crippen LogP contribution is -2.28. The summed E-state index contributed by atoms with van der Waals surface area (Å²) >= 11 is 3.35. The third-order valence-corrected chi connectivity index (χ3v) is 5.35. The maximum atomic E-state index is 13.3. The van der Waals surface area contributed by atoms with E-state index in [-0.39, 0.29) is 11.4 Å². The van der Waals surface area contributed by atoms with E-state index in [1.807, 2.05) is 36.4 Å². The summed E-state index contributed by atoms with van der Waals surface area (Å²) in [5.74, 6) is -1.17. The number of nitrogens with two attached hydrogens (primary N) is 1. The first kappa shape index (κ1) is 19.0. The fourth-order valence-corrected chi connectivity index (χ4v) is 3.80. The van der Waals surface area contributed by atoms with Crippen LogP contribution in [0.15, 0.2) is 82.1 Å². The van der Waals surface area contributed by atoms with Crippen LogP contribution in [0.2, 0.25) is 0 Å². The van der Waals surface area contributed by atoms with Gasteiger partial charge >= 0.3 is 0 Å². The Morgan fingerprint density at radius 1 is 0.966 bits per heavy atom. The van der Waals surface area contributed by atoms with Gasteiger partial charge in [-0.2, -0.15) is 0 Å². The van der Waals surface area contributed by atoms with Gasteiger partial charge in [0, 0.05) is 15.5 Å². The van der Waals surface area contributed by atoms with Gasteiger partial charge in [-0.1, -0.05) is 58.4 Å². The van der Waals surface area contributed by atoms with Crippen molar-refractivity contribution in [1.29, 1.82) is 0 Å². The van der Waals surface area contributed by atoms with Crippen LogP contribution in [0.25, 0.3) is 16.5 Å². The van der Waals surface area contributed by atoms with E-state index in [1.165, 1.54) is 4.57 Å². The molecule has 0 atom stereocenters. The molecule has 0 radical (unpaired) electrons. The summed E-state index contributed by atoms with van der Waals surface area (Å²) in [5, 5.41) is 11.7. The van der Waals surface area contributed by atoms with Crippen LogP contribution in [0.3, 0.4) is 0 Å². The molecule has 29 heavy (non-hydrogen) atoms. The molecule has 0 saturated carbocycles. The molecule has 4 aromatic rings. The molecule has 4 rings (SSSR count). The number of hydrogen-bond donors (Lipinski definition) is 2. The number of hydrogen-bond acceptors (Lipinski definition) is 3. The van der Waals surface area contributed by atoms with Gasteiger partial charge in [-0.25, -0.2) is 0 Å². The van der Waals surface area contributed by atoms with Gasteiger partial charge in [-0.05, 0) is 47.9 Å². The van der Waals surface area contributed by atoms with Crippen LogP contribution < -0.4 is 11.3 Å². The Morgan fingerprint density at radius 3 is 2.31 bits per heavy atom. The second kappa shape index (κ2) is 7.56. The molecule has 0 bridgehead atoms. The first-order valence-corrected chi connectivity index (χ1v) is 9.76. The number of pyridine rings is 1. The molecule has 0 aliphatic carbocycles. The lowest BCUT2D eigenvalue weighted by Gasteiger charge is -2.17. The van der Waals surface area contributed by atoms with Crippen molar-refractivity contribution in [2.24, 2.45) is 5.73 Å². The van der Waals surface area contributed by atoms with E-state index in [0.29, 0.717) is 22.9 Å². The minimum absolute atomic E-state index is 0.231. The first-order chi connectivity index (χ1) is 14.0. The SMILES string of the molecule is NC(=O)c1c(O)c2c(Cc3ccccc3)cccc2c(=O)n1-c1ccc(Br)cc1. The molecule has 3 aromatic carbocycles. The van der Waals surface area contributed by atoms with Crippen molar-refractivity contribution >= 4 is 32.6 Å². The summed E-state index contributed by atoms with van der Waals surface area (Å²) in [6.07, 6.45) is 0.506. The summed E-state index contributed by atoms with van der Waals surface area (Å²) in [6.45, 7) is 0. The molecule has 0 aliphatic heterocycles. The summed E-state index contributed by atoms with van der Waals surface area (Å²) in [6, 6.07) is 21.8. The molecule has 0 spiro atoms. The number of amides is 1. The first-order valence-electron chi connectivity index (χ1n) is 8.96. The number of aromatic nitrogens is 1.